The summed E-state index contributed by atoms with van der Waals surface area (Å²) in [6, 6.07) is 9.97. The lowest BCUT2D eigenvalue weighted by atomic mass is 9.94. The van der Waals surface area contributed by atoms with Gasteiger partial charge in [-0.1, -0.05) is 15.9 Å². The number of hydrogen-bond donors (Lipinski definition) is 2. The molecule has 0 radical (unpaired) electrons. The molecule has 1 aliphatic rings. The van der Waals surface area contributed by atoms with Crippen molar-refractivity contribution in [3.8, 4) is 0 Å². The third kappa shape index (κ3) is 3.11. The Labute approximate surface area is 126 Å². The lowest BCUT2D eigenvalue weighted by Crippen LogP contribution is -2.42. The van der Waals surface area contributed by atoms with E-state index in [4.69, 9.17) is 4.74 Å². The van der Waals surface area contributed by atoms with Crippen LogP contribution in [0, 0.1) is 0 Å². The van der Waals surface area contributed by atoms with Crippen molar-refractivity contribution in [3.05, 3.63) is 34.8 Å². The molecule has 0 aliphatic carbocycles. The second-order valence-electron chi connectivity index (χ2n) is 5.22. The highest BCUT2D eigenvalue weighted by Gasteiger charge is 2.29. The Morgan fingerprint density at radius 2 is 2.05 bits per heavy atom. The van der Waals surface area contributed by atoms with Crippen LogP contribution in [0.15, 0.2) is 34.8 Å². The monoisotopic (exact) mass is 336 g/mol. The van der Waals surface area contributed by atoms with Gasteiger partial charge in [0.2, 0.25) is 0 Å². The van der Waals surface area contributed by atoms with Crippen LogP contribution in [0.1, 0.15) is 12.8 Å². The second-order valence-corrected chi connectivity index (χ2v) is 6.14. The number of aromatic nitrogens is 1. The van der Waals surface area contributed by atoms with Gasteiger partial charge in [0.05, 0.1) is 11.1 Å². The first kappa shape index (κ1) is 13.8. The molecule has 1 aromatic heterocycles. The van der Waals surface area contributed by atoms with Crippen LogP contribution >= 0.6 is 15.9 Å². The summed E-state index contributed by atoms with van der Waals surface area (Å²) in [5.41, 5.74) is 0.256. The quantitative estimate of drug-likeness (QED) is 0.904. The zero-order valence-electron chi connectivity index (χ0n) is 11.1. The number of anilines is 1. The number of nitrogens with one attached hydrogen (secondary N) is 1. The van der Waals surface area contributed by atoms with Crippen molar-refractivity contribution in [1.82, 2.24) is 4.98 Å². The summed E-state index contributed by atoms with van der Waals surface area (Å²) in [6.45, 7) is 1.75. The maximum Gasteiger partial charge on any atom is 0.126 e. The second kappa shape index (κ2) is 5.68. The average molecular weight is 337 g/mol. The van der Waals surface area contributed by atoms with E-state index in [2.05, 4.69) is 26.2 Å². The summed E-state index contributed by atoms with van der Waals surface area (Å²) in [6.07, 6.45) is 1.33. The number of halogens is 1. The molecule has 0 saturated carbocycles. The molecular weight excluding hydrogens is 320 g/mol. The molecule has 0 bridgehead atoms. The van der Waals surface area contributed by atoms with Crippen molar-refractivity contribution in [3.63, 3.8) is 0 Å². The van der Waals surface area contributed by atoms with Crippen LogP contribution in [0.4, 0.5) is 5.82 Å². The summed E-state index contributed by atoms with van der Waals surface area (Å²) in [5.74, 6) is 0.791. The Morgan fingerprint density at radius 1 is 1.25 bits per heavy atom. The van der Waals surface area contributed by atoms with Gasteiger partial charge in [0, 0.05) is 42.5 Å². The molecule has 1 aromatic carbocycles. The van der Waals surface area contributed by atoms with Gasteiger partial charge >= 0.3 is 0 Å². The van der Waals surface area contributed by atoms with Crippen molar-refractivity contribution in [2.24, 2.45) is 0 Å². The molecule has 2 aromatic rings. The molecule has 106 valence electrons. The zero-order valence-corrected chi connectivity index (χ0v) is 12.7. The fourth-order valence-electron chi connectivity index (χ4n) is 2.38. The summed E-state index contributed by atoms with van der Waals surface area (Å²) < 4.78 is 6.32. The number of nitrogens with zero attached hydrogens (tertiary/aromatic N) is 1. The number of aliphatic hydroxyl groups is 1. The summed E-state index contributed by atoms with van der Waals surface area (Å²) in [5, 5.41) is 14.7. The van der Waals surface area contributed by atoms with Crippen LogP contribution in [-0.2, 0) is 4.74 Å². The molecule has 1 fully saturated rings. The minimum Gasteiger partial charge on any atom is -0.388 e. The van der Waals surface area contributed by atoms with E-state index in [0.717, 1.165) is 21.2 Å². The third-order valence-corrected chi connectivity index (χ3v) is 4.17. The van der Waals surface area contributed by atoms with Crippen LogP contribution < -0.4 is 5.32 Å². The van der Waals surface area contributed by atoms with Crippen LogP contribution in [-0.4, -0.2) is 35.5 Å². The molecule has 0 atom stereocenters. The molecule has 5 heteroatoms. The van der Waals surface area contributed by atoms with Crippen molar-refractivity contribution in [1.29, 1.82) is 0 Å². The largest absolute Gasteiger partial charge is 0.388 e. The molecule has 4 nitrogen and oxygen atoms in total. The number of benzene rings is 1. The first-order valence-corrected chi connectivity index (χ1v) is 7.54. The summed E-state index contributed by atoms with van der Waals surface area (Å²) in [7, 11) is 0. The number of fused-ring (bicyclic) bond motifs is 1. The lowest BCUT2D eigenvalue weighted by Gasteiger charge is -2.32. The number of pyridine rings is 1. The Hall–Kier alpha value is -1.17. The molecule has 20 heavy (non-hydrogen) atoms. The van der Waals surface area contributed by atoms with Gasteiger partial charge in [-0.2, -0.15) is 0 Å². The smallest absolute Gasteiger partial charge is 0.126 e. The molecule has 1 saturated heterocycles. The Balaban J connectivity index is 1.72. The minimum atomic E-state index is -0.686. The van der Waals surface area contributed by atoms with E-state index in [0.29, 0.717) is 32.6 Å². The van der Waals surface area contributed by atoms with Crippen molar-refractivity contribution in [2.75, 3.05) is 25.1 Å². The van der Waals surface area contributed by atoms with Gasteiger partial charge in [-0.25, -0.2) is 4.98 Å². The molecule has 0 spiro atoms. The molecule has 2 heterocycles. The molecule has 1 aliphatic heterocycles. The predicted octanol–water partition coefficient (Wildman–Crippen LogP) is 2.95. The van der Waals surface area contributed by atoms with E-state index in [9.17, 15) is 5.11 Å². The van der Waals surface area contributed by atoms with E-state index >= 15 is 0 Å². The van der Waals surface area contributed by atoms with Crippen molar-refractivity contribution < 1.29 is 9.84 Å². The van der Waals surface area contributed by atoms with Gasteiger partial charge in [0.1, 0.15) is 5.82 Å². The van der Waals surface area contributed by atoms with E-state index in [1.807, 2.05) is 30.3 Å². The van der Waals surface area contributed by atoms with Gasteiger partial charge in [-0.15, -0.1) is 0 Å². The molecule has 3 rings (SSSR count). The summed E-state index contributed by atoms with van der Waals surface area (Å²) >= 11 is 3.45. The van der Waals surface area contributed by atoms with E-state index in [-0.39, 0.29) is 0 Å². The Kier molecular flexibility index (Phi) is 3.92. The third-order valence-electron chi connectivity index (χ3n) is 3.67. The van der Waals surface area contributed by atoms with Crippen LogP contribution in [0.5, 0.6) is 0 Å². The highest BCUT2D eigenvalue weighted by Crippen LogP contribution is 2.23. The SMILES string of the molecule is OC1(CNc2ccc3cc(Br)ccc3n2)CCOCC1. The van der Waals surface area contributed by atoms with Crippen LogP contribution in [0.2, 0.25) is 0 Å². The molecule has 2 N–H and O–H groups in total. The topological polar surface area (TPSA) is 54.4 Å². The van der Waals surface area contributed by atoms with E-state index in [1.165, 1.54) is 0 Å². The lowest BCUT2D eigenvalue weighted by molar-refractivity contribution is -0.0543. The number of ether oxygens (including phenoxy) is 1. The average Bonchev–Trinajstić information content (AvgIpc) is 2.46. The first-order chi connectivity index (χ1) is 9.65. The zero-order chi connectivity index (χ0) is 14.0. The van der Waals surface area contributed by atoms with Gasteiger partial charge in [-0.3, -0.25) is 0 Å². The summed E-state index contributed by atoms with van der Waals surface area (Å²) in [4.78, 5) is 4.56. The van der Waals surface area contributed by atoms with Gasteiger partial charge < -0.3 is 15.2 Å². The molecule has 0 amide bonds. The number of rotatable bonds is 3. The van der Waals surface area contributed by atoms with Crippen LogP contribution in [0.3, 0.4) is 0 Å². The van der Waals surface area contributed by atoms with Crippen molar-refractivity contribution >= 4 is 32.7 Å². The Bertz CT molecular complexity index is 612. The fourth-order valence-corrected chi connectivity index (χ4v) is 2.76. The number of hydrogen-bond acceptors (Lipinski definition) is 4. The maximum atomic E-state index is 10.4. The van der Waals surface area contributed by atoms with Gasteiger partial charge in [0.15, 0.2) is 0 Å². The maximum absolute atomic E-state index is 10.4. The normalized spacial score (nSPS) is 18.1. The highest BCUT2D eigenvalue weighted by atomic mass is 79.9. The minimum absolute atomic E-state index is 0.505. The predicted molar refractivity (Wildman–Crippen MR) is 82.9 cm³/mol. The molecule has 0 unspecified atom stereocenters. The van der Waals surface area contributed by atoms with Crippen LogP contribution in [0.25, 0.3) is 10.9 Å². The molecular formula is C15H17BrN2O2. The van der Waals surface area contributed by atoms with Gasteiger partial charge in [-0.05, 0) is 30.3 Å². The van der Waals surface area contributed by atoms with Gasteiger partial charge in [0.25, 0.3) is 0 Å². The van der Waals surface area contributed by atoms with E-state index in [1.54, 1.807) is 0 Å². The Morgan fingerprint density at radius 3 is 2.85 bits per heavy atom. The standard InChI is InChI=1S/C15H17BrN2O2/c16-12-2-3-13-11(9-12)1-4-14(18-13)17-10-15(19)5-7-20-8-6-15/h1-4,9,19H,5-8,10H2,(H,17,18). The first-order valence-electron chi connectivity index (χ1n) is 6.75. The van der Waals surface area contributed by atoms with Crippen molar-refractivity contribution in [2.45, 2.75) is 18.4 Å². The van der Waals surface area contributed by atoms with E-state index < -0.39 is 5.60 Å². The fraction of sp³-hybridized carbons (Fsp3) is 0.400. The highest BCUT2D eigenvalue weighted by molar-refractivity contribution is 9.10.